The van der Waals surface area contributed by atoms with Crippen LogP contribution in [-0.2, 0) is 4.79 Å². The molecule has 1 aromatic carbocycles. The van der Waals surface area contributed by atoms with Crippen LogP contribution in [0.5, 0.6) is 5.88 Å². The lowest BCUT2D eigenvalue weighted by molar-refractivity contribution is -0.120. The minimum Gasteiger partial charge on any atom is -0.494 e. The molecule has 1 amide bonds. The highest BCUT2D eigenvalue weighted by molar-refractivity contribution is 7.71. The molecule has 1 aromatic heterocycles. The smallest absolute Gasteiger partial charge is 0.262 e. The summed E-state index contributed by atoms with van der Waals surface area (Å²) in [5.74, 6) is -0.140. The van der Waals surface area contributed by atoms with E-state index in [4.69, 9.17) is 12.2 Å². The number of carbonyl (C=O) groups excluding carboxylic acids is 1. The number of aromatic hydroxyl groups is 1. The maximum Gasteiger partial charge on any atom is 0.262 e. The van der Waals surface area contributed by atoms with Crippen molar-refractivity contribution >= 4 is 29.8 Å². The number of nitrogens with one attached hydrogen (secondary N) is 2. The molecule has 1 aliphatic carbocycles. The summed E-state index contributed by atoms with van der Waals surface area (Å²) in [5, 5.41) is 15.4. The van der Waals surface area contributed by atoms with E-state index < -0.39 is 5.56 Å². The van der Waals surface area contributed by atoms with E-state index in [-0.39, 0.29) is 28.2 Å². The minimum absolute atomic E-state index is 0.0139. The Morgan fingerprint density at radius 2 is 2.17 bits per heavy atom. The number of benzene rings is 1. The molecule has 7 nitrogen and oxygen atoms in total. The zero-order valence-corrected chi connectivity index (χ0v) is 16.9. The Morgan fingerprint density at radius 1 is 1.41 bits per heavy atom. The first-order valence-electron chi connectivity index (χ1n) is 9.73. The van der Waals surface area contributed by atoms with E-state index in [9.17, 15) is 14.7 Å². The van der Waals surface area contributed by atoms with E-state index in [1.807, 2.05) is 24.3 Å². The standard InChI is InChI=1S/C21H22N4O3S/c1-2-18(26)22-10-9-14-13-5-3-4-6-16(13)23-17(14)11-15-19(27)24-21(29)25(20(15)28)12-7-8-12/h3-6,11-12,28H,2,7-10H2,1H3,(H,22,26)(H,24,27,29)/b17-11-. The number of hydrogen-bond donors (Lipinski definition) is 3. The highest BCUT2D eigenvalue weighted by Crippen LogP contribution is 2.38. The number of aromatic nitrogens is 2. The van der Waals surface area contributed by atoms with Gasteiger partial charge in [0.25, 0.3) is 5.56 Å². The van der Waals surface area contributed by atoms with Crippen LogP contribution in [0.2, 0.25) is 0 Å². The molecule has 0 atom stereocenters. The molecule has 8 heteroatoms. The van der Waals surface area contributed by atoms with E-state index in [2.05, 4.69) is 15.3 Å². The van der Waals surface area contributed by atoms with Crippen LogP contribution in [0.3, 0.4) is 0 Å². The third-order valence-electron chi connectivity index (χ3n) is 5.14. The van der Waals surface area contributed by atoms with Crippen molar-refractivity contribution < 1.29 is 9.90 Å². The summed E-state index contributed by atoms with van der Waals surface area (Å²) in [6.45, 7) is 2.28. The van der Waals surface area contributed by atoms with Gasteiger partial charge in [-0.2, -0.15) is 0 Å². The van der Waals surface area contributed by atoms with Gasteiger partial charge in [0.05, 0.1) is 11.1 Å². The fourth-order valence-corrected chi connectivity index (χ4v) is 3.81. The highest BCUT2D eigenvalue weighted by atomic mass is 32.1. The molecule has 2 aromatic rings. The van der Waals surface area contributed by atoms with Gasteiger partial charge in [0.15, 0.2) is 4.77 Å². The molecule has 0 radical (unpaired) electrons. The second-order valence-corrected chi connectivity index (χ2v) is 7.58. The van der Waals surface area contributed by atoms with Crippen molar-refractivity contribution in [2.24, 2.45) is 4.99 Å². The molecule has 4 rings (SSSR count). The highest BCUT2D eigenvalue weighted by Gasteiger charge is 2.28. The number of H-pyrrole nitrogens is 1. The average Bonchev–Trinajstić information content (AvgIpc) is 3.47. The first-order chi connectivity index (χ1) is 14.0. The lowest BCUT2D eigenvalue weighted by Gasteiger charge is -2.11. The van der Waals surface area contributed by atoms with Crippen molar-refractivity contribution in [3.63, 3.8) is 0 Å². The van der Waals surface area contributed by atoms with Crippen LogP contribution in [0, 0.1) is 4.77 Å². The lowest BCUT2D eigenvalue weighted by Crippen LogP contribution is -2.26. The van der Waals surface area contributed by atoms with E-state index in [1.54, 1.807) is 17.6 Å². The van der Waals surface area contributed by atoms with Gasteiger partial charge >= 0.3 is 0 Å². The summed E-state index contributed by atoms with van der Waals surface area (Å²) in [6.07, 6.45) is 4.45. The van der Waals surface area contributed by atoms with Gasteiger partial charge in [-0.1, -0.05) is 25.1 Å². The maximum atomic E-state index is 12.5. The van der Waals surface area contributed by atoms with Gasteiger partial charge in [-0.3, -0.25) is 19.1 Å². The molecule has 1 fully saturated rings. The third kappa shape index (κ3) is 3.80. The van der Waals surface area contributed by atoms with Gasteiger partial charge in [-0.15, -0.1) is 0 Å². The van der Waals surface area contributed by atoms with E-state index in [0.717, 1.165) is 29.0 Å². The third-order valence-corrected chi connectivity index (χ3v) is 5.44. The van der Waals surface area contributed by atoms with Crippen molar-refractivity contribution in [2.75, 3.05) is 6.54 Å². The van der Waals surface area contributed by atoms with Crippen LogP contribution in [0.15, 0.2) is 39.7 Å². The number of amides is 1. The first kappa shape index (κ1) is 19.3. The Bertz CT molecular complexity index is 1250. The van der Waals surface area contributed by atoms with E-state index in [1.165, 1.54) is 0 Å². The summed E-state index contributed by atoms with van der Waals surface area (Å²) in [6, 6.07) is 7.83. The zero-order valence-electron chi connectivity index (χ0n) is 16.1. The fourth-order valence-electron chi connectivity index (χ4n) is 3.49. The van der Waals surface area contributed by atoms with Crippen molar-refractivity contribution in [1.29, 1.82) is 0 Å². The molecule has 1 saturated carbocycles. The second kappa shape index (κ2) is 7.79. The Hall–Kier alpha value is -3.00. The molecule has 0 saturated heterocycles. The Morgan fingerprint density at radius 3 is 2.90 bits per heavy atom. The Labute approximate surface area is 172 Å². The monoisotopic (exact) mass is 410 g/mol. The van der Waals surface area contributed by atoms with E-state index >= 15 is 0 Å². The van der Waals surface area contributed by atoms with Gasteiger partial charge < -0.3 is 10.4 Å². The average molecular weight is 410 g/mol. The van der Waals surface area contributed by atoms with Gasteiger partial charge in [0, 0.05) is 24.2 Å². The van der Waals surface area contributed by atoms with Crippen LogP contribution in [0.4, 0.5) is 0 Å². The van der Waals surface area contributed by atoms with Crippen molar-refractivity contribution in [1.82, 2.24) is 14.9 Å². The van der Waals surface area contributed by atoms with Gasteiger partial charge in [-0.05, 0) is 49.2 Å². The largest absolute Gasteiger partial charge is 0.494 e. The molecular formula is C21H22N4O3S. The number of aromatic amines is 1. The Balaban J connectivity index is 1.78. The number of carbonyl (C=O) groups is 1. The van der Waals surface area contributed by atoms with E-state index in [0.29, 0.717) is 25.1 Å². The molecule has 2 aliphatic rings. The summed E-state index contributed by atoms with van der Waals surface area (Å²) >= 11 is 5.22. The van der Waals surface area contributed by atoms with Crippen molar-refractivity contribution in [2.45, 2.75) is 38.6 Å². The topological polar surface area (TPSA) is 99.5 Å². The number of para-hydroxylation sites is 1. The summed E-state index contributed by atoms with van der Waals surface area (Å²) in [4.78, 5) is 31.4. The van der Waals surface area contributed by atoms with Crippen molar-refractivity contribution in [3.8, 4) is 5.88 Å². The molecule has 3 N–H and O–H groups in total. The van der Waals surface area contributed by atoms with Gasteiger partial charge in [-0.25, -0.2) is 4.99 Å². The number of nitrogens with zero attached hydrogens (tertiary/aromatic N) is 2. The maximum absolute atomic E-state index is 12.5. The Kier molecular flexibility index (Phi) is 5.19. The molecule has 0 spiro atoms. The second-order valence-electron chi connectivity index (χ2n) is 7.19. The lowest BCUT2D eigenvalue weighted by atomic mass is 10.1. The molecule has 0 unspecified atom stereocenters. The van der Waals surface area contributed by atoms with Gasteiger partial charge in [0.1, 0.15) is 5.56 Å². The summed E-state index contributed by atoms with van der Waals surface area (Å²) < 4.78 is 1.84. The van der Waals surface area contributed by atoms with Crippen LogP contribution in [0.1, 0.15) is 44.2 Å². The number of hydrogen-bond acceptors (Lipinski definition) is 5. The first-order valence-corrected chi connectivity index (χ1v) is 10.1. The predicted octanol–water partition coefficient (Wildman–Crippen LogP) is 1.69. The number of allylic oxidation sites excluding steroid dienone is 1. The van der Waals surface area contributed by atoms with Crippen LogP contribution in [0.25, 0.3) is 11.6 Å². The van der Waals surface area contributed by atoms with Crippen LogP contribution >= 0.6 is 12.2 Å². The van der Waals surface area contributed by atoms with Gasteiger partial charge in [0.2, 0.25) is 11.8 Å². The quantitative estimate of drug-likeness (QED) is 0.631. The predicted molar refractivity (Wildman–Crippen MR) is 112 cm³/mol. The number of fused-ring (bicyclic) bond motifs is 1. The number of rotatable bonds is 6. The molecule has 2 heterocycles. The zero-order chi connectivity index (χ0) is 20.5. The molecule has 0 bridgehead atoms. The molecule has 150 valence electrons. The van der Waals surface area contributed by atoms with Crippen LogP contribution < -0.4 is 21.5 Å². The van der Waals surface area contributed by atoms with Crippen LogP contribution in [-0.4, -0.2) is 27.1 Å². The molecular weight excluding hydrogens is 388 g/mol. The van der Waals surface area contributed by atoms with Crippen molar-refractivity contribution in [3.05, 3.63) is 61.2 Å². The fraction of sp³-hybridized carbons (Fsp3) is 0.333. The normalized spacial score (nSPS) is 16.6. The minimum atomic E-state index is -0.443. The molecule has 1 aliphatic heterocycles. The summed E-state index contributed by atoms with van der Waals surface area (Å²) in [7, 11) is 0. The SMILES string of the molecule is CCC(=O)NCCC1=c2ccccc2=N/C1=C\c1c(O)n(C2CC2)c(=S)[nH]c1=O. The summed E-state index contributed by atoms with van der Waals surface area (Å²) in [5.41, 5.74) is 1.24. The molecule has 29 heavy (non-hydrogen) atoms.